The Balaban J connectivity index is 2.24. The first-order valence-electron chi connectivity index (χ1n) is 6.80. The van der Waals surface area contributed by atoms with E-state index in [0.29, 0.717) is 21.9 Å². The number of hydrogen-bond donors (Lipinski definition) is 1. The molecule has 7 nitrogen and oxygen atoms in total. The lowest BCUT2D eigenvalue weighted by atomic mass is 10.1. The number of imidazole rings is 1. The van der Waals surface area contributed by atoms with Crippen LogP contribution in [0.2, 0.25) is 10.2 Å². The van der Waals surface area contributed by atoms with E-state index in [1.165, 1.54) is 9.13 Å². The van der Waals surface area contributed by atoms with Gasteiger partial charge >= 0.3 is 5.69 Å². The van der Waals surface area contributed by atoms with Gasteiger partial charge in [-0.1, -0.05) is 23.2 Å². The van der Waals surface area contributed by atoms with E-state index in [9.17, 15) is 4.79 Å². The number of hydrogen-bond acceptors (Lipinski definition) is 5. The maximum absolute atomic E-state index is 12.5. The van der Waals surface area contributed by atoms with Gasteiger partial charge in [0.25, 0.3) is 0 Å². The normalized spacial score (nSPS) is 11.3. The van der Waals surface area contributed by atoms with Gasteiger partial charge < -0.3 is 5.73 Å². The van der Waals surface area contributed by atoms with Crippen LogP contribution in [0.25, 0.3) is 11.2 Å². The molecule has 0 unspecified atom stereocenters. The van der Waals surface area contributed by atoms with Gasteiger partial charge in [-0.05, 0) is 25.0 Å². The Morgan fingerprint density at radius 2 is 1.96 bits per heavy atom. The first-order valence-corrected chi connectivity index (χ1v) is 7.55. The molecule has 3 rings (SSSR count). The van der Waals surface area contributed by atoms with Crippen LogP contribution in [0.15, 0.2) is 11.0 Å². The quantitative estimate of drug-likeness (QED) is 0.712. The van der Waals surface area contributed by atoms with Crippen molar-refractivity contribution in [2.24, 2.45) is 7.05 Å². The molecule has 9 heteroatoms. The van der Waals surface area contributed by atoms with Crippen molar-refractivity contribution in [3.8, 4) is 0 Å². The highest BCUT2D eigenvalue weighted by molar-refractivity contribution is 6.33. The number of nitrogens with zero attached hydrogens (tertiary/aromatic N) is 5. The van der Waals surface area contributed by atoms with Crippen LogP contribution < -0.4 is 11.4 Å². The number of anilines is 1. The Bertz CT molecular complexity index is 991. The van der Waals surface area contributed by atoms with Gasteiger partial charge in [-0.15, -0.1) is 0 Å². The molecule has 3 heterocycles. The molecule has 120 valence electrons. The van der Waals surface area contributed by atoms with Crippen LogP contribution in [0.4, 0.5) is 5.95 Å². The summed E-state index contributed by atoms with van der Waals surface area (Å²) in [6, 6.07) is 0. The molecule has 0 aliphatic rings. The summed E-state index contributed by atoms with van der Waals surface area (Å²) in [7, 11) is 1.61. The number of rotatable bonds is 2. The first kappa shape index (κ1) is 15.8. The monoisotopic (exact) mass is 352 g/mol. The molecule has 0 radical (unpaired) electrons. The highest BCUT2D eigenvalue weighted by atomic mass is 35.5. The summed E-state index contributed by atoms with van der Waals surface area (Å²) in [5, 5.41) is 0.771. The molecule has 0 spiro atoms. The van der Waals surface area contributed by atoms with Crippen molar-refractivity contribution in [2.45, 2.75) is 20.4 Å². The van der Waals surface area contributed by atoms with Gasteiger partial charge in [-0.2, -0.15) is 9.97 Å². The van der Waals surface area contributed by atoms with E-state index in [1.807, 2.05) is 13.8 Å². The molecule has 0 fully saturated rings. The van der Waals surface area contributed by atoms with Crippen molar-refractivity contribution in [1.29, 1.82) is 0 Å². The minimum absolute atomic E-state index is 0.00784. The number of aromatic nitrogens is 5. The third kappa shape index (κ3) is 2.46. The predicted molar refractivity (Wildman–Crippen MR) is 90.0 cm³/mol. The number of aryl methyl sites for hydroxylation is 2. The number of nitrogens with two attached hydrogens (primary N) is 1. The lowest BCUT2D eigenvalue weighted by Gasteiger charge is -2.09. The van der Waals surface area contributed by atoms with Crippen LogP contribution in [0.1, 0.15) is 16.8 Å². The zero-order valence-electron chi connectivity index (χ0n) is 12.8. The summed E-state index contributed by atoms with van der Waals surface area (Å²) in [5.74, 6) is 0.00784. The predicted octanol–water partition coefficient (Wildman–Crippen LogP) is 2.08. The maximum atomic E-state index is 12.5. The molecule has 0 aliphatic heterocycles. The Morgan fingerprint density at radius 1 is 1.26 bits per heavy atom. The Morgan fingerprint density at radius 3 is 2.65 bits per heavy atom. The van der Waals surface area contributed by atoms with Crippen LogP contribution in [-0.2, 0) is 13.6 Å². The van der Waals surface area contributed by atoms with Crippen molar-refractivity contribution in [2.75, 3.05) is 5.73 Å². The molecular weight excluding hydrogens is 339 g/mol. The van der Waals surface area contributed by atoms with Gasteiger partial charge in [0, 0.05) is 18.3 Å². The van der Waals surface area contributed by atoms with Crippen molar-refractivity contribution >= 4 is 40.3 Å². The minimum Gasteiger partial charge on any atom is -0.368 e. The molecule has 0 aromatic carbocycles. The van der Waals surface area contributed by atoms with Crippen LogP contribution >= 0.6 is 23.2 Å². The summed E-state index contributed by atoms with van der Waals surface area (Å²) in [5.41, 5.74) is 8.56. The first-order chi connectivity index (χ1) is 10.8. The van der Waals surface area contributed by atoms with Gasteiger partial charge in [0.05, 0.1) is 12.2 Å². The van der Waals surface area contributed by atoms with E-state index in [-0.39, 0.29) is 23.3 Å². The van der Waals surface area contributed by atoms with Crippen LogP contribution in [0.5, 0.6) is 0 Å². The second-order valence-corrected chi connectivity index (χ2v) is 6.04. The molecule has 0 saturated carbocycles. The molecule has 0 amide bonds. The Hall–Kier alpha value is -2.12. The number of pyridine rings is 1. The summed E-state index contributed by atoms with van der Waals surface area (Å²) >= 11 is 12.4. The molecule has 0 aliphatic carbocycles. The average Bonchev–Trinajstić information content (AvgIpc) is 2.72. The second-order valence-electron chi connectivity index (χ2n) is 5.30. The van der Waals surface area contributed by atoms with Crippen molar-refractivity contribution in [3.05, 3.63) is 43.7 Å². The molecule has 3 aromatic rings. The zero-order chi connectivity index (χ0) is 16.9. The van der Waals surface area contributed by atoms with Crippen LogP contribution in [-0.4, -0.2) is 24.1 Å². The summed E-state index contributed by atoms with van der Waals surface area (Å²) in [6.07, 6.45) is 1.68. The fourth-order valence-electron chi connectivity index (χ4n) is 2.48. The van der Waals surface area contributed by atoms with Gasteiger partial charge in [0.2, 0.25) is 5.95 Å². The lowest BCUT2D eigenvalue weighted by Crippen LogP contribution is -2.23. The van der Waals surface area contributed by atoms with E-state index in [4.69, 9.17) is 28.9 Å². The van der Waals surface area contributed by atoms with E-state index in [0.717, 1.165) is 11.1 Å². The Kier molecular flexibility index (Phi) is 3.77. The molecule has 3 aromatic heterocycles. The highest BCUT2D eigenvalue weighted by Gasteiger charge is 2.18. The van der Waals surface area contributed by atoms with Gasteiger partial charge in [-0.25, -0.2) is 4.79 Å². The maximum Gasteiger partial charge on any atom is 0.330 e. The molecule has 0 saturated heterocycles. The van der Waals surface area contributed by atoms with E-state index in [2.05, 4.69) is 15.0 Å². The van der Waals surface area contributed by atoms with Crippen LogP contribution in [0, 0.1) is 13.8 Å². The van der Waals surface area contributed by atoms with Gasteiger partial charge in [-0.3, -0.25) is 14.1 Å². The SMILES string of the molecule is Cc1cnc(Cn2c(=O)n(C)c3c(Cl)nc(N)nc32)c(C)c1Cl. The van der Waals surface area contributed by atoms with Crippen molar-refractivity contribution in [3.63, 3.8) is 0 Å². The van der Waals surface area contributed by atoms with E-state index >= 15 is 0 Å². The number of fused-ring (bicyclic) bond motifs is 1. The van der Waals surface area contributed by atoms with Crippen molar-refractivity contribution < 1.29 is 0 Å². The largest absolute Gasteiger partial charge is 0.368 e. The highest BCUT2D eigenvalue weighted by Crippen LogP contribution is 2.24. The third-order valence-corrected chi connectivity index (χ3v) is 4.62. The molecule has 0 atom stereocenters. The number of halogens is 2. The summed E-state index contributed by atoms with van der Waals surface area (Å²) in [6.45, 7) is 3.96. The molecule has 0 bridgehead atoms. The van der Waals surface area contributed by atoms with Crippen molar-refractivity contribution in [1.82, 2.24) is 24.1 Å². The standard InChI is InChI=1S/C14H14Cl2N6O/c1-6-4-18-8(7(2)9(6)15)5-22-12-10(21(3)14(22)23)11(16)19-13(17)20-12/h4H,5H2,1-3H3,(H2,17,19,20). The smallest absolute Gasteiger partial charge is 0.330 e. The fourth-order valence-corrected chi connectivity index (χ4v) is 2.93. The minimum atomic E-state index is -0.278. The summed E-state index contributed by atoms with van der Waals surface area (Å²) in [4.78, 5) is 24.9. The second kappa shape index (κ2) is 5.50. The van der Waals surface area contributed by atoms with Gasteiger partial charge in [0.15, 0.2) is 10.8 Å². The molecular formula is C14H14Cl2N6O. The third-order valence-electron chi connectivity index (χ3n) is 3.78. The zero-order valence-corrected chi connectivity index (χ0v) is 14.3. The van der Waals surface area contributed by atoms with E-state index < -0.39 is 0 Å². The fraction of sp³-hybridized carbons (Fsp3) is 0.286. The summed E-state index contributed by atoms with van der Waals surface area (Å²) < 4.78 is 2.85. The molecule has 2 N–H and O–H groups in total. The lowest BCUT2D eigenvalue weighted by molar-refractivity contribution is 0.713. The number of nitrogen functional groups attached to an aromatic ring is 1. The van der Waals surface area contributed by atoms with Gasteiger partial charge in [0.1, 0.15) is 5.52 Å². The van der Waals surface area contributed by atoms with E-state index in [1.54, 1.807) is 13.2 Å². The Labute approximate surface area is 141 Å². The topological polar surface area (TPSA) is 91.6 Å². The average molecular weight is 353 g/mol. The van der Waals surface area contributed by atoms with Crippen LogP contribution in [0.3, 0.4) is 0 Å². The molecule has 23 heavy (non-hydrogen) atoms.